The third-order valence-electron chi connectivity index (χ3n) is 3.28. The van der Waals surface area contributed by atoms with Gasteiger partial charge >= 0.3 is 5.69 Å². The fourth-order valence-corrected chi connectivity index (χ4v) is 2.48. The number of nitrogens with two attached hydrogens (primary N) is 1. The number of fused-ring (bicyclic) bond motifs is 1. The number of anilines is 2. The highest BCUT2D eigenvalue weighted by atomic mass is 35.5. The van der Waals surface area contributed by atoms with Gasteiger partial charge in [-0.3, -0.25) is 0 Å². The van der Waals surface area contributed by atoms with Gasteiger partial charge < -0.3 is 11.1 Å². The number of hydrogen-bond donors (Lipinski definition) is 3. The van der Waals surface area contributed by atoms with Gasteiger partial charge in [-0.25, -0.2) is 19.3 Å². The number of pyridine rings is 2. The summed E-state index contributed by atoms with van der Waals surface area (Å²) in [5.41, 5.74) is 7.73. The van der Waals surface area contributed by atoms with Gasteiger partial charge in [-0.15, -0.1) is 0 Å². The van der Waals surface area contributed by atoms with E-state index < -0.39 is 0 Å². The van der Waals surface area contributed by atoms with Crippen molar-refractivity contribution < 1.29 is 0 Å². The normalized spacial score (nSPS) is 11.0. The van der Waals surface area contributed by atoms with E-state index in [1.54, 1.807) is 12.3 Å². The van der Waals surface area contributed by atoms with E-state index in [2.05, 4.69) is 20.5 Å². The van der Waals surface area contributed by atoms with Gasteiger partial charge in [-0.05, 0) is 36.6 Å². The van der Waals surface area contributed by atoms with E-state index in [9.17, 15) is 4.79 Å². The monoisotopic (exact) mass is 318 g/mol. The number of nitrogens with zero attached hydrogens (tertiary/aromatic N) is 3. The van der Waals surface area contributed by atoms with E-state index in [0.29, 0.717) is 16.5 Å². The quantitative estimate of drug-likeness (QED) is 0.621. The number of nitrogens with one attached hydrogen (secondary N) is 2. The van der Waals surface area contributed by atoms with E-state index >= 15 is 0 Å². The molecule has 3 rings (SSSR count). The van der Waals surface area contributed by atoms with Crippen LogP contribution in [0.2, 0.25) is 5.02 Å². The zero-order valence-corrected chi connectivity index (χ0v) is 12.5. The molecule has 3 aromatic heterocycles. The first-order valence-electron chi connectivity index (χ1n) is 6.84. The summed E-state index contributed by atoms with van der Waals surface area (Å²) in [6, 6.07) is 5.56. The number of aromatic nitrogens is 4. The first-order valence-corrected chi connectivity index (χ1v) is 7.22. The van der Waals surface area contributed by atoms with Crippen molar-refractivity contribution in [2.24, 2.45) is 0 Å². The molecular weight excluding hydrogens is 304 g/mol. The van der Waals surface area contributed by atoms with Crippen LogP contribution >= 0.6 is 11.6 Å². The average molecular weight is 319 g/mol. The minimum Gasteiger partial charge on any atom is -0.384 e. The second-order valence-electron chi connectivity index (χ2n) is 4.91. The molecule has 4 N–H and O–H groups in total. The Morgan fingerprint density at radius 1 is 1.41 bits per heavy atom. The third-order valence-corrected chi connectivity index (χ3v) is 3.49. The third kappa shape index (κ3) is 3.04. The van der Waals surface area contributed by atoms with Gasteiger partial charge in [-0.1, -0.05) is 11.6 Å². The van der Waals surface area contributed by atoms with E-state index in [0.717, 1.165) is 30.6 Å². The highest BCUT2D eigenvalue weighted by Crippen LogP contribution is 2.19. The number of aryl methyl sites for hydroxylation is 1. The fraction of sp³-hybridized carbons (Fsp3) is 0.214. The lowest BCUT2D eigenvalue weighted by Gasteiger charge is -2.08. The van der Waals surface area contributed by atoms with E-state index in [1.807, 2.05) is 12.1 Å². The van der Waals surface area contributed by atoms with Crippen LogP contribution in [0, 0.1) is 0 Å². The molecule has 7 nitrogen and oxygen atoms in total. The van der Waals surface area contributed by atoms with Crippen LogP contribution in [-0.2, 0) is 6.42 Å². The minimum absolute atomic E-state index is 0.312. The first-order chi connectivity index (χ1) is 10.6. The zero-order chi connectivity index (χ0) is 15.5. The van der Waals surface area contributed by atoms with Crippen molar-refractivity contribution in [2.75, 3.05) is 17.6 Å². The van der Waals surface area contributed by atoms with Gasteiger partial charge in [0, 0.05) is 18.9 Å². The van der Waals surface area contributed by atoms with Crippen molar-refractivity contribution in [1.29, 1.82) is 0 Å². The number of aromatic amines is 1. The van der Waals surface area contributed by atoms with Crippen LogP contribution in [0.3, 0.4) is 0 Å². The predicted octanol–water partition coefficient (Wildman–Crippen LogP) is 1.70. The van der Waals surface area contributed by atoms with Gasteiger partial charge in [0.1, 0.15) is 5.82 Å². The molecule has 0 spiro atoms. The topological polar surface area (TPSA) is 101 Å². The van der Waals surface area contributed by atoms with Crippen LogP contribution in [0.1, 0.15) is 12.0 Å². The summed E-state index contributed by atoms with van der Waals surface area (Å²) in [6.45, 7) is 0.722. The Morgan fingerprint density at radius 2 is 2.27 bits per heavy atom. The maximum atomic E-state index is 11.6. The van der Waals surface area contributed by atoms with Gasteiger partial charge in [0.15, 0.2) is 5.65 Å². The number of hydrogen-bond acceptors (Lipinski definition) is 5. The average Bonchev–Trinajstić information content (AvgIpc) is 2.85. The maximum Gasteiger partial charge on any atom is 0.347 e. The Balaban J connectivity index is 1.66. The van der Waals surface area contributed by atoms with E-state index in [-0.39, 0.29) is 5.69 Å². The molecule has 0 saturated carbocycles. The molecule has 0 aliphatic rings. The lowest BCUT2D eigenvalue weighted by molar-refractivity contribution is 0.861. The number of rotatable bonds is 5. The summed E-state index contributed by atoms with van der Waals surface area (Å²) >= 11 is 6.02. The SMILES string of the molecule is Nc1cc(CCCNc2cc(Cl)cn3c(=O)[nH]nc23)ccn1. The molecule has 0 aliphatic carbocycles. The Bertz CT molecular complexity index is 856. The van der Waals surface area contributed by atoms with Gasteiger partial charge in [0.2, 0.25) is 0 Å². The van der Waals surface area contributed by atoms with Gasteiger partial charge in [0.05, 0.1) is 10.7 Å². The Morgan fingerprint density at radius 3 is 3.09 bits per heavy atom. The van der Waals surface area contributed by atoms with Crippen molar-refractivity contribution in [3.8, 4) is 0 Å². The van der Waals surface area contributed by atoms with Crippen molar-refractivity contribution in [1.82, 2.24) is 19.6 Å². The lowest BCUT2D eigenvalue weighted by Crippen LogP contribution is -2.10. The van der Waals surface area contributed by atoms with Crippen LogP contribution in [0.25, 0.3) is 5.65 Å². The molecule has 8 heteroatoms. The van der Waals surface area contributed by atoms with Crippen molar-refractivity contribution in [3.05, 3.63) is 51.7 Å². The molecule has 0 aromatic carbocycles. The molecule has 22 heavy (non-hydrogen) atoms. The lowest BCUT2D eigenvalue weighted by atomic mass is 10.1. The van der Waals surface area contributed by atoms with E-state index in [4.69, 9.17) is 17.3 Å². The number of nitrogen functional groups attached to an aromatic ring is 1. The van der Waals surface area contributed by atoms with Crippen LogP contribution in [0.4, 0.5) is 11.5 Å². The van der Waals surface area contributed by atoms with Crippen LogP contribution in [0.5, 0.6) is 0 Å². The van der Waals surface area contributed by atoms with Crippen LogP contribution in [0.15, 0.2) is 35.4 Å². The minimum atomic E-state index is -0.312. The number of halogens is 1. The summed E-state index contributed by atoms with van der Waals surface area (Å²) < 4.78 is 1.38. The van der Waals surface area contributed by atoms with Crippen molar-refractivity contribution in [3.63, 3.8) is 0 Å². The molecule has 0 unspecified atom stereocenters. The molecule has 0 bridgehead atoms. The smallest absolute Gasteiger partial charge is 0.347 e. The molecule has 114 valence electrons. The summed E-state index contributed by atoms with van der Waals surface area (Å²) in [5, 5.41) is 10.1. The highest BCUT2D eigenvalue weighted by molar-refractivity contribution is 6.30. The molecule has 3 heterocycles. The summed E-state index contributed by atoms with van der Waals surface area (Å²) in [4.78, 5) is 15.5. The van der Waals surface area contributed by atoms with Gasteiger partial charge in [0.25, 0.3) is 0 Å². The Hall–Kier alpha value is -2.54. The molecule has 0 saturated heterocycles. The maximum absolute atomic E-state index is 11.6. The summed E-state index contributed by atoms with van der Waals surface area (Å²) in [7, 11) is 0. The molecule has 0 amide bonds. The largest absolute Gasteiger partial charge is 0.384 e. The molecule has 0 fully saturated rings. The van der Waals surface area contributed by atoms with Crippen LogP contribution < -0.4 is 16.7 Å². The highest BCUT2D eigenvalue weighted by Gasteiger charge is 2.07. The summed E-state index contributed by atoms with van der Waals surface area (Å²) in [6.07, 6.45) is 5.02. The molecular formula is C14H15ClN6O. The molecule has 0 aliphatic heterocycles. The molecule has 3 aromatic rings. The Labute approximate surface area is 131 Å². The molecule has 0 radical (unpaired) electrons. The fourth-order valence-electron chi connectivity index (χ4n) is 2.27. The second-order valence-corrected chi connectivity index (χ2v) is 5.35. The zero-order valence-electron chi connectivity index (χ0n) is 11.7. The van der Waals surface area contributed by atoms with Gasteiger partial charge in [-0.2, -0.15) is 5.10 Å². The predicted molar refractivity (Wildman–Crippen MR) is 86.3 cm³/mol. The number of H-pyrrole nitrogens is 1. The summed E-state index contributed by atoms with van der Waals surface area (Å²) in [5.74, 6) is 0.526. The first kappa shape index (κ1) is 14.4. The van der Waals surface area contributed by atoms with E-state index in [1.165, 1.54) is 10.6 Å². The van der Waals surface area contributed by atoms with Crippen molar-refractivity contribution in [2.45, 2.75) is 12.8 Å². The Kier molecular flexibility index (Phi) is 3.97. The molecule has 0 atom stereocenters. The van der Waals surface area contributed by atoms with Crippen molar-refractivity contribution >= 4 is 28.8 Å². The van der Waals surface area contributed by atoms with Crippen LogP contribution in [-0.4, -0.2) is 26.1 Å². The second kappa shape index (κ2) is 6.07. The standard InChI is InChI=1S/C14H15ClN6O/c15-10-7-11(13-19-20-14(22)21(13)8-10)17-4-1-2-9-3-5-18-12(16)6-9/h3,5-8,17H,1-2,4H2,(H2,16,18)(H,20,22).